The third-order valence-corrected chi connectivity index (χ3v) is 3.65. The van der Waals surface area contributed by atoms with Crippen molar-refractivity contribution in [2.45, 2.75) is 13.1 Å². The fourth-order valence-corrected chi connectivity index (χ4v) is 2.38. The van der Waals surface area contributed by atoms with Crippen LogP contribution in [0, 0.1) is 6.92 Å². The van der Waals surface area contributed by atoms with Crippen molar-refractivity contribution in [3.8, 4) is 0 Å². The smallest absolute Gasteiger partial charge is 0.318 e. The SMILES string of the molecule is Cc1cc(Cl)ccc1NC(=O)C(=O)Nc1ccc(Cl)cc1C(F)(F)F. The van der Waals surface area contributed by atoms with Crippen molar-refractivity contribution in [1.29, 1.82) is 0 Å². The largest absolute Gasteiger partial charge is 0.418 e. The van der Waals surface area contributed by atoms with Gasteiger partial charge in [0.15, 0.2) is 0 Å². The van der Waals surface area contributed by atoms with Crippen molar-refractivity contribution < 1.29 is 22.8 Å². The molecule has 0 radical (unpaired) electrons. The van der Waals surface area contributed by atoms with E-state index < -0.39 is 29.2 Å². The number of amides is 2. The van der Waals surface area contributed by atoms with Gasteiger partial charge in [0, 0.05) is 15.7 Å². The molecule has 0 bridgehead atoms. The van der Waals surface area contributed by atoms with Gasteiger partial charge in [-0.25, -0.2) is 0 Å². The minimum absolute atomic E-state index is 0.147. The van der Waals surface area contributed by atoms with Gasteiger partial charge in [0.05, 0.1) is 11.3 Å². The maximum atomic E-state index is 13.0. The summed E-state index contributed by atoms with van der Waals surface area (Å²) < 4.78 is 39.0. The first kappa shape index (κ1) is 19.1. The molecule has 0 aliphatic rings. The van der Waals surface area contributed by atoms with Gasteiger partial charge in [0.25, 0.3) is 0 Å². The Morgan fingerprint density at radius 3 is 1.88 bits per heavy atom. The summed E-state index contributed by atoms with van der Waals surface area (Å²) in [6.45, 7) is 1.65. The molecule has 0 aliphatic heterocycles. The van der Waals surface area contributed by atoms with Crippen LogP contribution in [0.5, 0.6) is 0 Å². The second-order valence-corrected chi connectivity index (χ2v) is 5.93. The van der Waals surface area contributed by atoms with Gasteiger partial charge in [-0.2, -0.15) is 13.2 Å². The number of hydrogen-bond acceptors (Lipinski definition) is 2. The summed E-state index contributed by atoms with van der Waals surface area (Å²) in [5.74, 6) is -2.37. The highest BCUT2D eigenvalue weighted by Gasteiger charge is 2.34. The van der Waals surface area contributed by atoms with Crippen LogP contribution in [0.2, 0.25) is 10.0 Å². The molecule has 2 amide bonds. The standard InChI is InChI=1S/C16H11Cl2F3N2O2/c1-8-6-9(17)2-4-12(8)22-14(24)15(25)23-13-5-3-10(18)7-11(13)16(19,20)21/h2-7H,1H3,(H,22,24)(H,23,25). The van der Waals surface area contributed by atoms with E-state index in [-0.39, 0.29) is 5.02 Å². The summed E-state index contributed by atoms with van der Waals surface area (Å²) in [7, 11) is 0. The van der Waals surface area contributed by atoms with Crippen LogP contribution in [-0.4, -0.2) is 11.8 Å². The zero-order valence-corrected chi connectivity index (χ0v) is 14.2. The van der Waals surface area contributed by atoms with Gasteiger partial charge in [-0.1, -0.05) is 23.2 Å². The van der Waals surface area contributed by atoms with E-state index in [0.717, 1.165) is 6.07 Å². The number of anilines is 2. The highest BCUT2D eigenvalue weighted by molar-refractivity contribution is 6.44. The van der Waals surface area contributed by atoms with Crippen LogP contribution >= 0.6 is 23.2 Å². The predicted molar refractivity (Wildman–Crippen MR) is 89.9 cm³/mol. The summed E-state index contributed by atoms with van der Waals surface area (Å²) in [6.07, 6.45) is -4.74. The maximum Gasteiger partial charge on any atom is 0.418 e. The lowest BCUT2D eigenvalue weighted by atomic mass is 10.1. The van der Waals surface area contributed by atoms with Crippen LogP contribution in [-0.2, 0) is 15.8 Å². The van der Waals surface area contributed by atoms with E-state index in [1.807, 2.05) is 5.32 Å². The van der Waals surface area contributed by atoms with Gasteiger partial charge in [-0.15, -0.1) is 0 Å². The fourth-order valence-electron chi connectivity index (χ4n) is 1.99. The number of carbonyl (C=O) groups is 2. The van der Waals surface area contributed by atoms with Crippen LogP contribution in [0.25, 0.3) is 0 Å². The molecule has 2 rings (SSSR count). The van der Waals surface area contributed by atoms with Crippen LogP contribution < -0.4 is 10.6 Å². The number of benzene rings is 2. The third kappa shape index (κ3) is 4.87. The molecule has 0 heterocycles. The molecular formula is C16H11Cl2F3N2O2. The Morgan fingerprint density at radius 1 is 0.880 bits per heavy atom. The number of rotatable bonds is 2. The fraction of sp³-hybridized carbons (Fsp3) is 0.125. The molecule has 0 aliphatic carbocycles. The summed E-state index contributed by atoms with van der Waals surface area (Å²) in [4.78, 5) is 23.8. The number of halogens is 5. The average Bonchev–Trinajstić information content (AvgIpc) is 2.50. The zero-order chi connectivity index (χ0) is 18.8. The summed E-state index contributed by atoms with van der Waals surface area (Å²) in [6, 6.07) is 7.36. The lowest BCUT2D eigenvalue weighted by molar-refractivity contribution is -0.137. The molecule has 0 unspecified atom stereocenters. The Hall–Kier alpha value is -2.25. The minimum Gasteiger partial charge on any atom is -0.318 e. The molecule has 0 fully saturated rings. The molecule has 0 saturated heterocycles. The molecule has 25 heavy (non-hydrogen) atoms. The minimum atomic E-state index is -4.74. The quantitative estimate of drug-likeness (QED) is 0.716. The Bertz CT molecular complexity index is 839. The van der Waals surface area contributed by atoms with Crippen molar-refractivity contribution >= 4 is 46.4 Å². The van der Waals surface area contributed by atoms with Gasteiger partial charge in [0.1, 0.15) is 0 Å². The molecule has 0 atom stereocenters. The van der Waals surface area contributed by atoms with E-state index >= 15 is 0 Å². The van der Waals surface area contributed by atoms with Crippen molar-refractivity contribution in [3.63, 3.8) is 0 Å². The van der Waals surface area contributed by atoms with Crippen LogP contribution in [0.4, 0.5) is 24.5 Å². The van der Waals surface area contributed by atoms with E-state index in [1.165, 1.54) is 18.2 Å². The van der Waals surface area contributed by atoms with Gasteiger partial charge in [0.2, 0.25) is 0 Å². The van der Waals surface area contributed by atoms with Crippen molar-refractivity contribution in [2.75, 3.05) is 10.6 Å². The topological polar surface area (TPSA) is 58.2 Å². The first-order valence-corrected chi connectivity index (χ1v) is 7.59. The van der Waals surface area contributed by atoms with Gasteiger partial charge < -0.3 is 10.6 Å². The third-order valence-electron chi connectivity index (χ3n) is 3.18. The van der Waals surface area contributed by atoms with Crippen molar-refractivity contribution in [3.05, 3.63) is 57.6 Å². The number of hydrogen-bond donors (Lipinski definition) is 2. The molecule has 2 N–H and O–H groups in total. The van der Waals surface area contributed by atoms with E-state index in [0.29, 0.717) is 22.3 Å². The van der Waals surface area contributed by atoms with E-state index in [9.17, 15) is 22.8 Å². The molecule has 4 nitrogen and oxygen atoms in total. The second-order valence-electron chi connectivity index (χ2n) is 5.06. The lowest BCUT2D eigenvalue weighted by Gasteiger charge is -2.14. The number of carbonyl (C=O) groups excluding carboxylic acids is 2. The number of alkyl halides is 3. The number of aryl methyl sites for hydroxylation is 1. The summed E-state index contributed by atoms with van der Waals surface area (Å²) >= 11 is 11.3. The van der Waals surface area contributed by atoms with Gasteiger partial charge >= 0.3 is 18.0 Å². The van der Waals surface area contributed by atoms with Gasteiger partial charge in [-0.3, -0.25) is 9.59 Å². The maximum absolute atomic E-state index is 13.0. The van der Waals surface area contributed by atoms with E-state index in [1.54, 1.807) is 13.0 Å². The Morgan fingerprint density at radius 2 is 1.36 bits per heavy atom. The molecule has 132 valence electrons. The normalized spacial score (nSPS) is 11.1. The monoisotopic (exact) mass is 390 g/mol. The summed E-state index contributed by atoms with van der Waals surface area (Å²) in [5, 5.41) is 4.54. The summed E-state index contributed by atoms with van der Waals surface area (Å²) in [5.41, 5.74) is -0.804. The highest BCUT2D eigenvalue weighted by atomic mass is 35.5. The average molecular weight is 391 g/mol. The van der Waals surface area contributed by atoms with Crippen LogP contribution in [0.1, 0.15) is 11.1 Å². The van der Waals surface area contributed by atoms with Crippen molar-refractivity contribution in [1.82, 2.24) is 0 Å². The van der Waals surface area contributed by atoms with Crippen LogP contribution in [0.3, 0.4) is 0 Å². The highest BCUT2D eigenvalue weighted by Crippen LogP contribution is 2.36. The van der Waals surface area contributed by atoms with Crippen LogP contribution in [0.15, 0.2) is 36.4 Å². The molecular weight excluding hydrogens is 380 g/mol. The van der Waals surface area contributed by atoms with Gasteiger partial charge in [-0.05, 0) is 48.9 Å². The van der Waals surface area contributed by atoms with Crippen molar-refractivity contribution in [2.24, 2.45) is 0 Å². The van der Waals surface area contributed by atoms with E-state index in [4.69, 9.17) is 23.2 Å². The Labute approximate surface area is 150 Å². The second kappa shape index (κ2) is 7.33. The predicted octanol–water partition coefficient (Wildman–Crippen LogP) is 4.90. The molecule has 2 aromatic rings. The molecule has 0 spiro atoms. The molecule has 0 saturated carbocycles. The molecule has 0 aromatic heterocycles. The van der Waals surface area contributed by atoms with E-state index in [2.05, 4.69) is 5.32 Å². The molecule has 9 heteroatoms. The zero-order valence-electron chi connectivity index (χ0n) is 12.7. The number of nitrogens with one attached hydrogen (secondary N) is 2. The Kier molecular flexibility index (Phi) is 5.59. The lowest BCUT2D eigenvalue weighted by Crippen LogP contribution is -2.30. The first-order chi connectivity index (χ1) is 11.6. The molecule has 2 aromatic carbocycles. The Balaban J connectivity index is 2.18. The first-order valence-electron chi connectivity index (χ1n) is 6.83.